The zero-order valence-corrected chi connectivity index (χ0v) is 21.5. The summed E-state index contributed by atoms with van der Waals surface area (Å²) in [6, 6.07) is 13.3. The number of nitrogens with one attached hydrogen (secondary N) is 1. The average Bonchev–Trinajstić information content (AvgIpc) is 2.82. The second kappa shape index (κ2) is 12.8. The topological polar surface area (TPSA) is 88.1 Å². The van der Waals surface area contributed by atoms with Crippen molar-refractivity contribution in [2.24, 2.45) is 5.10 Å². The van der Waals surface area contributed by atoms with Crippen molar-refractivity contribution in [1.82, 2.24) is 5.43 Å². The predicted octanol–water partition coefficient (Wildman–Crippen LogP) is 5.22. The Bertz CT molecular complexity index is 1060. The maximum atomic E-state index is 13.5. The molecule has 0 spiro atoms. The molecule has 1 N–H and O–H groups in total. The molecule has 0 heterocycles. The molecular weight excluding hydrogens is 470 g/mol. The lowest BCUT2D eigenvalue weighted by Crippen LogP contribution is -2.39. The fourth-order valence-corrected chi connectivity index (χ4v) is 5.63. The molecule has 9 heteroatoms. The van der Waals surface area contributed by atoms with E-state index in [2.05, 4.69) is 10.5 Å². The van der Waals surface area contributed by atoms with E-state index in [0.717, 1.165) is 40.6 Å². The lowest BCUT2D eigenvalue weighted by Gasteiger charge is -2.24. The number of carbonyl (C=O) groups is 1. The molecule has 3 rings (SSSR count). The van der Waals surface area contributed by atoms with Gasteiger partial charge >= 0.3 is 0 Å². The maximum absolute atomic E-state index is 13.5. The number of carbonyl (C=O) groups excluding carboxylic acids is 1. The van der Waals surface area contributed by atoms with Crippen LogP contribution in [-0.4, -0.2) is 39.4 Å². The number of hydrogen-bond acceptors (Lipinski definition) is 6. The maximum Gasteiger partial charge on any atom is 0.264 e. The number of sulfonamides is 1. The summed E-state index contributed by atoms with van der Waals surface area (Å²) in [7, 11) is -3.98. The number of hydrazone groups is 1. The van der Waals surface area contributed by atoms with Crippen molar-refractivity contribution >= 4 is 39.1 Å². The van der Waals surface area contributed by atoms with Gasteiger partial charge in [-0.05, 0) is 87.4 Å². The van der Waals surface area contributed by atoms with Crippen LogP contribution < -0.4 is 14.5 Å². The Morgan fingerprint density at radius 3 is 2.21 bits per heavy atom. The van der Waals surface area contributed by atoms with Crippen LogP contribution in [0.2, 0.25) is 0 Å². The lowest BCUT2D eigenvalue weighted by molar-refractivity contribution is -0.119. The Morgan fingerprint density at radius 2 is 1.62 bits per heavy atom. The fraction of sp³-hybridized carbons (Fsp3) is 0.440. The van der Waals surface area contributed by atoms with E-state index in [4.69, 9.17) is 4.74 Å². The first-order chi connectivity index (χ1) is 16.4. The summed E-state index contributed by atoms with van der Waals surface area (Å²) in [4.78, 5) is 13.9. The number of amides is 1. The van der Waals surface area contributed by atoms with Crippen molar-refractivity contribution in [3.63, 3.8) is 0 Å². The van der Waals surface area contributed by atoms with E-state index in [-0.39, 0.29) is 11.4 Å². The van der Waals surface area contributed by atoms with Gasteiger partial charge in [-0.1, -0.05) is 19.3 Å². The minimum absolute atomic E-state index is 0.123. The molecule has 1 saturated carbocycles. The molecule has 0 unspecified atom stereocenters. The monoisotopic (exact) mass is 503 g/mol. The van der Waals surface area contributed by atoms with Crippen molar-refractivity contribution in [2.45, 2.75) is 61.7 Å². The minimum Gasteiger partial charge on any atom is -0.494 e. The molecule has 0 aromatic heterocycles. The van der Waals surface area contributed by atoms with Gasteiger partial charge in [0.1, 0.15) is 12.3 Å². The first-order valence-electron chi connectivity index (χ1n) is 11.7. The predicted molar refractivity (Wildman–Crippen MR) is 138 cm³/mol. The molecule has 2 aromatic rings. The third kappa shape index (κ3) is 7.24. The number of rotatable bonds is 9. The van der Waals surface area contributed by atoms with Crippen molar-refractivity contribution in [1.29, 1.82) is 0 Å². The zero-order chi connectivity index (χ0) is 24.4. The van der Waals surface area contributed by atoms with Crippen LogP contribution in [0.5, 0.6) is 5.75 Å². The van der Waals surface area contributed by atoms with E-state index >= 15 is 0 Å². The summed E-state index contributed by atoms with van der Waals surface area (Å²) >= 11 is 1.53. The highest BCUT2D eigenvalue weighted by Crippen LogP contribution is 2.27. The summed E-state index contributed by atoms with van der Waals surface area (Å²) < 4.78 is 33.7. The van der Waals surface area contributed by atoms with Gasteiger partial charge in [0.25, 0.3) is 15.9 Å². The minimum atomic E-state index is -3.98. The molecule has 1 aliphatic rings. The van der Waals surface area contributed by atoms with Crippen LogP contribution in [0.3, 0.4) is 0 Å². The summed E-state index contributed by atoms with van der Waals surface area (Å²) in [5.41, 5.74) is 3.94. The molecule has 2 aromatic carbocycles. The first-order valence-corrected chi connectivity index (χ1v) is 14.3. The summed E-state index contributed by atoms with van der Waals surface area (Å²) in [6.07, 6.45) is 9.37. The van der Waals surface area contributed by atoms with Crippen LogP contribution in [0, 0.1) is 0 Å². The molecular formula is C25H33N3O4S2. The quantitative estimate of drug-likeness (QED) is 0.374. The van der Waals surface area contributed by atoms with Crippen molar-refractivity contribution in [2.75, 3.05) is 23.7 Å². The Hall–Kier alpha value is -2.52. The number of nitrogens with zero attached hydrogens (tertiary/aromatic N) is 2. The van der Waals surface area contributed by atoms with Crippen molar-refractivity contribution in [3.8, 4) is 5.75 Å². The highest BCUT2D eigenvalue weighted by Gasteiger charge is 2.27. The van der Waals surface area contributed by atoms with E-state index in [0.29, 0.717) is 18.0 Å². The third-order valence-electron chi connectivity index (χ3n) is 5.64. The molecule has 0 radical (unpaired) electrons. The molecule has 0 aliphatic heterocycles. The molecule has 1 aliphatic carbocycles. The van der Waals surface area contributed by atoms with E-state index in [9.17, 15) is 13.2 Å². The van der Waals surface area contributed by atoms with Crippen LogP contribution in [-0.2, 0) is 14.8 Å². The Balaban J connectivity index is 1.84. The van der Waals surface area contributed by atoms with Crippen LogP contribution in [0.25, 0.3) is 0 Å². The molecule has 7 nitrogen and oxygen atoms in total. The normalized spacial score (nSPS) is 14.6. The molecule has 34 heavy (non-hydrogen) atoms. The first kappa shape index (κ1) is 26.1. The second-order valence-electron chi connectivity index (χ2n) is 8.09. The smallest absolute Gasteiger partial charge is 0.264 e. The number of anilines is 1. The number of hydrogen-bond donors (Lipinski definition) is 1. The second-order valence-corrected chi connectivity index (χ2v) is 10.8. The molecule has 0 bridgehead atoms. The fourth-order valence-electron chi connectivity index (χ4n) is 3.80. The van der Waals surface area contributed by atoms with Gasteiger partial charge in [0.05, 0.1) is 17.2 Å². The van der Waals surface area contributed by atoms with Crippen LogP contribution in [0.4, 0.5) is 5.69 Å². The highest BCUT2D eigenvalue weighted by atomic mass is 32.2. The molecule has 0 atom stereocenters. The van der Waals surface area contributed by atoms with E-state index in [1.54, 1.807) is 48.5 Å². The van der Waals surface area contributed by atoms with E-state index < -0.39 is 15.9 Å². The molecule has 1 amide bonds. The van der Waals surface area contributed by atoms with Gasteiger partial charge in [0.2, 0.25) is 0 Å². The van der Waals surface area contributed by atoms with Crippen LogP contribution >= 0.6 is 11.8 Å². The van der Waals surface area contributed by atoms with Gasteiger partial charge in [0, 0.05) is 10.6 Å². The van der Waals surface area contributed by atoms with Gasteiger partial charge in [-0.3, -0.25) is 9.10 Å². The van der Waals surface area contributed by atoms with Gasteiger partial charge in [-0.25, -0.2) is 13.8 Å². The van der Waals surface area contributed by atoms with Crippen LogP contribution in [0.1, 0.15) is 51.9 Å². The third-order valence-corrected chi connectivity index (χ3v) is 8.17. The van der Waals surface area contributed by atoms with Crippen LogP contribution in [0.15, 0.2) is 63.4 Å². The number of ether oxygens (including phenoxy) is 1. The number of benzene rings is 2. The van der Waals surface area contributed by atoms with Crippen molar-refractivity contribution in [3.05, 3.63) is 48.5 Å². The van der Waals surface area contributed by atoms with Crippen molar-refractivity contribution < 1.29 is 17.9 Å². The lowest BCUT2D eigenvalue weighted by atomic mass is 9.99. The summed E-state index contributed by atoms with van der Waals surface area (Å²) in [5, 5.41) is 4.32. The standard InChI is InChI=1S/C25H33N3O4S2/c1-3-32-22-13-11-21(12-14-22)28(34(30,31)24-17-15-23(33-2)16-18-24)19-25(29)27-26-20-9-7-5-4-6-8-10-20/h11-18H,3-10,19H2,1-2H3,(H,27,29). The zero-order valence-electron chi connectivity index (χ0n) is 19.8. The SMILES string of the molecule is CCOc1ccc(N(CC(=O)NN=C2CCCCCCC2)S(=O)(=O)c2ccc(SC)cc2)cc1. The Morgan fingerprint density at radius 1 is 1.00 bits per heavy atom. The largest absolute Gasteiger partial charge is 0.494 e. The van der Waals surface area contributed by atoms with E-state index in [1.807, 2.05) is 13.2 Å². The highest BCUT2D eigenvalue weighted by molar-refractivity contribution is 7.98. The average molecular weight is 504 g/mol. The number of thioether (sulfide) groups is 1. The van der Waals surface area contributed by atoms with Gasteiger partial charge in [-0.2, -0.15) is 5.10 Å². The Kier molecular flexibility index (Phi) is 9.83. The van der Waals surface area contributed by atoms with Gasteiger partial charge < -0.3 is 4.74 Å². The molecule has 0 saturated heterocycles. The summed E-state index contributed by atoms with van der Waals surface area (Å²) in [5.74, 6) is 0.154. The molecule has 184 valence electrons. The summed E-state index contributed by atoms with van der Waals surface area (Å²) in [6.45, 7) is 2.01. The van der Waals surface area contributed by atoms with Gasteiger partial charge in [0.15, 0.2) is 0 Å². The molecule has 1 fully saturated rings. The Labute approximate surface area is 207 Å². The van der Waals surface area contributed by atoms with Gasteiger partial charge in [-0.15, -0.1) is 11.8 Å². The van der Waals surface area contributed by atoms with E-state index in [1.165, 1.54) is 31.0 Å².